The van der Waals surface area contributed by atoms with E-state index in [1.165, 1.54) is 0 Å². The summed E-state index contributed by atoms with van der Waals surface area (Å²) in [6, 6.07) is 25.8. The fraction of sp³-hybridized carbons (Fsp3) is 0.316. The summed E-state index contributed by atoms with van der Waals surface area (Å²) in [7, 11) is 2.10. The third-order valence-corrected chi connectivity index (χ3v) is 8.61. The molecule has 0 radical (unpaired) electrons. The van der Waals surface area contributed by atoms with Crippen molar-refractivity contribution >= 4 is 23.2 Å². The minimum absolute atomic E-state index is 0.0882. The molecule has 0 spiro atoms. The highest BCUT2D eigenvalue weighted by Gasteiger charge is 2.32. The second-order valence-corrected chi connectivity index (χ2v) is 11.6. The molecule has 0 saturated carbocycles. The summed E-state index contributed by atoms with van der Waals surface area (Å²) < 4.78 is 0. The maximum absolute atomic E-state index is 13.4. The number of anilines is 2. The van der Waals surface area contributed by atoms with E-state index in [1.807, 2.05) is 78.9 Å². The number of hydrogen-bond donors (Lipinski definition) is 2. The molecule has 0 bridgehead atoms. The normalized spacial score (nSPS) is 15.9. The molecular formula is C38H44N4O2. The molecule has 1 heterocycles. The second-order valence-electron chi connectivity index (χ2n) is 11.6. The van der Waals surface area contributed by atoms with Crippen molar-refractivity contribution in [2.24, 2.45) is 0 Å². The minimum atomic E-state index is -0.297. The van der Waals surface area contributed by atoms with Crippen LogP contribution in [0.1, 0.15) is 49.4 Å². The highest BCUT2D eigenvalue weighted by molar-refractivity contribution is 6.08. The third-order valence-electron chi connectivity index (χ3n) is 8.61. The van der Waals surface area contributed by atoms with Gasteiger partial charge in [0.15, 0.2) is 0 Å². The maximum atomic E-state index is 13.4. The molecule has 5 rings (SSSR count). The molecule has 2 N–H and O–H groups in total. The number of hydrogen-bond acceptors (Lipinski definition) is 4. The largest absolute Gasteiger partial charge is 0.371 e. The minimum Gasteiger partial charge on any atom is -0.371 e. The van der Waals surface area contributed by atoms with Crippen LogP contribution in [0.15, 0.2) is 115 Å². The van der Waals surface area contributed by atoms with E-state index in [4.69, 9.17) is 0 Å². The zero-order chi connectivity index (χ0) is 30.7. The monoisotopic (exact) mass is 588 g/mol. The van der Waals surface area contributed by atoms with Gasteiger partial charge in [0.05, 0.1) is 0 Å². The predicted octanol–water partition coefficient (Wildman–Crippen LogP) is 7.23. The molecule has 6 heteroatoms. The second kappa shape index (κ2) is 15.3. The van der Waals surface area contributed by atoms with Crippen molar-refractivity contribution in [3.8, 4) is 11.1 Å². The summed E-state index contributed by atoms with van der Waals surface area (Å²) in [4.78, 5) is 31.3. The quantitative estimate of drug-likeness (QED) is 0.232. The lowest BCUT2D eigenvalue weighted by atomic mass is 9.96. The SMILES string of the molecule is CCCCNC(=O)C(C1=CCC=CC=C1)N(C)C1CCN(c2ccc(NC(=O)c3ccccc3-c3ccccc3)cc2)CC1. The first-order valence-corrected chi connectivity index (χ1v) is 15.9. The van der Waals surface area contributed by atoms with Gasteiger partial charge in [-0.3, -0.25) is 14.5 Å². The van der Waals surface area contributed by atoms with Crippen molar-refractivity contribution in [3.05, 3.63) is 120 Å². The van der Waals surface area contributed by atoms with E-state index in [1.54, 1.807) is 0 Å². The van der Waals surface area contributed by atoms with E-state index in [0.29, 0.717) is 18.2 Å². The number of likely N-dealkylation sites (N-methyl/N-ethyl adjacent to an activating group) is 1. The number of rotatable bonds is 11. The molecule has 1 aliphatic heterocycles. The van der Waals surface area contributed by atoms with E-state index >= 15 is 0 Å². The Bertz CT molecular complexity index is 1480. The molecule has 228 valence electrons. The first-order valence-electron chi connectivity index (χ1n) is 15.9. The van der Waals surface area contributed by atoms with E-state index in [-0.39, 0.29) is 17.9 Å². The van der Waals surface area contributed by atoms with Gasteiger partial charge in [0.1, 0.15) is 6.04 Å². The number of unbranched alkanes of at least 4 members (excludes halogenated alkanes) is 1. The summed E-state index contributed by atoms with van der Waals surface area (Å²) in [5, 5.41) is 6.26. The lowest BCUT2D eigenvalue weighted by Crippen LogP contribution is -2.53. The lowest BCUT2D eigenvalue weighted by Gasteiger charge is -2.41. The predicted molar refractivity (Wildman–Crippen MR) is 182 cm³/mol. The van der Waals surface area contributed by atoms with Gasteiger partial charge in [-0.05, 0) is 79.8 Å². The van der Waals surface area contributed by atoms with Gasteiger partial charge in [0.25, 0.3) is 5.91 Å². The van der Waals surface area contributed by atoms with Crippen LogP contribution in [0.3, 0.4) is 0 Å². The average molecular weight is 589 g/mol. The van der Waals surface area contributed by atoms with Crippen LogP contribution < -0.4 is 15.5 Å². The summed E-state index contributed by atoms with van der Waals surface area (Å²) in [5.41, 5.74) is 5.57. The highest BCUT2D eigenvalue weighted by Crippen LogP contribution is 2.28. The fourth-order valence-corrected chi connectivity index (χ4v) is 6.10. The molecular weight excluding hydrogens is 544 g/mol. The zero-order valence-electron chi connectivity index (χ0n) is 25.9. The summed E-state index contributed by atoms with van der Waals surface area (Å²) in [6.07, 6.45) is 15.3. The Morgan fingerprint density at radius 1 is 0.932 bits per heavy atom. The smallest absolute Gasteiger partial charge is 0.256 e. The van der Waals surface area contributed by atoms with Crippen molar-refractivity contribution in [3.63, 3.8) is 0 Å². The molecule has 1 aliphatic carbocycles. The first kappa shape index (κ1) is 31.0. The van der Waals surface area contributed by atoms with Crippen molar-refractivity contribution in [2.45, 2.75) is 51.1 Å². The van der Waals surface area contributed by atoms with Gasteiger partial charge in [-0.15, -0.1) is 0 Å². The van der Waals surface area contributed by atoms with Crippen LogP contribution >= 0.6 is 0 Å². The molecule has 1 atom stereocenters. The van der Waals surface area contributed by atoms with Crippen LogP contribution in [0, 0.1) is 0 Å². The Hall–Kier alpha value is -4.42. The van der Waals surface area contributed by atoms with E-state index in [2.05, 4.69) is 64.8 Å². The molecule has 44 heavy (non-hydrogen) atoms. The van der Waals surface area contributed by atoms with Crippen LogP contribution in [0.5, 0.6) is 0 Å². The van der Waals surface area contributed by atoms with Gasteiger partial charge in [0, 0.05) is 42.6 Å². The number of benzene rings is 3. The van der Waals surface area contributed by atoms with Crippen LogP contribution in [0.25, 0.3) is 11.1 Å². The first-order chi connectivity index (χ1) is 21.5. The number of nitrogens with one attached hydrogen (secondary N) is 2. The van der Waals surface area contributed by atoms with Crippen molar-refractivity contribution < 1.29 is 9.59 Å². The van der Waals surface area contributed by atoms with Crippen LogP contribution in [0.4, 0.5) is 11.4 Å². The molecule has 1 unspecified atom stereocenters. The van der Waals surface area contributed by atoms with Gasteiger partial charge in [0.2, 0.25) is 5.91 Å². The third kappa shape index (κ3) is 7.74. The fourth-order valence-electron chi connectivity index (χ4n) is 6.10. The van der Waals surface area contributed by atoms with E-state index in [0.717, 1.165) is 73.3 Å². The van der Waals surface area contributed by atoms with Crippen molar-refractivity contribution in [1.82, 2.24) is 10.2 Å². The average Bonchev–Trinajstić information content (AvgIpc) is 3.35. The molecule has 1 fully saturated rings. The Morgan fingerprint density at radius 3 is 2.41 bits per heavy atom. The maximum Gasteiger partial charge on any atom is 0.256 e. The highest BCUT2D eigenvalue weighted by atomic mass is 16.2. The standard InChI is InChI=1S/C38H44N4O2/c1-3-4-26-39-38(44)36(30-16-8-5-6-9-17-30)41(2)32-24-27-42(28-25-32)33-22-20-31(21-23-33)40-37(43)35-19-13-12-18-34(35)29-14-10-7-11-15-29/h5-8,10-23,32,36H,3-4,9,24-28H2,1-2H3,(H,39,44)(H,40,43). The number of carbonyl (C=O) groups is 2. The molecule has 3 aromatic rings. The topological polar surface area (TPSA) is 64.7 Å². The molecule has 3 aromatic carbocycles. The van der Waals surface area contributed by atoms with E-state index < -0.39 is 0 Å². The molecule has 1 saturated heterocycles. The van der Waals surface area contributed by atoms with Crippen LogP contribution in [0.2, 0.25) is 0 Å². The summed E-state index contributed by atoms with van der Waals surface area (Å²) in [5.74, 6) is -0.0334. The number of allylic oxidation sites excluding steroid dienone is 4. The number of carbonyl (C=O) groups excluding carboxylic acids is 2. The molecule has 2 amide bonds. The number of amides is 2. The Morgan fingerprint density at radius 2 is 1.66 bits per heavy atom. The van der Waals surface area contributed by atoms with Gasteiger partial charge < -0.3 is 15.5 Å². The lowest BCUT2D eigenvalue weighted by molar-refractivity contribution is -0.125. The summed E-state index contributed by atoms with van der Waals surface area (Å²) in [6.45, 7) is 4.67. The zero-order valence-corrected chi connectivity index (χ0v) is 25.9. The Balaban J connectivity index is 1.20. The number of nitrogens with zero attached hydrogens (tertiary/aromatic N) is 2. The molecule has 0 aromatic heterocycles. The van der Waals surface area contributed by atoms with Crippen molar-refractivity contribution in [2.75, 3.05) is 36.9 Å². The Labute approximate surface area is 262 Å². The molecule has 6 nitrogen and oxygen atoms in total. The Kier molecular flexibility index (Phi) is 10.8. The van der Waals surface area contributed by atoms with Crippen LogP contribution in [-0.2, 0) is 4.79 Å². The van der Waals surface area contributed by atoms with Crippen LogP contribution in [-0.4, -0.2) is 55.5 Å². The van der Waals surface area contributed by atoms with Gasteiger partial charge >= 0.3 is 0 Å². The van der Waals surface area contributed by atoms with Gasteiger partial charge in [-0.2, -0.15) is 0 Å². The van der Waals surface area contributed by atoms with Gasteiger partial charge in [-0.1, -0.05) is 92.3 Å². The van der Waals surface area contributed by atoms with Gasteiger partial charge in [-0.25, -0.2) is 0 Å². The molecule has 2 aliphatic rings. The van der Waals surface area contributed by atoms with E-state index in [9.17, 15) is 9.59 Å². The number of piperidine rings is 1. The van der Waals surface area contributed by atoms with Crippen molar-refractivity contribution in [1.29, 1.82) is 0 Å². The summed E-state index contributed by atoms with van der Waals surface area (Å²) >= 11 is 0.